The van der Waals surface area contributed by atoms with Gasteiger partial charge in [-0.15, -0.1) is 0 Å². The van der Waals surface area contributed by atoms with Crippen LogP contribution in [-0.2, 0) is 16.4 Å². The smallest absolute Gasteiger partial charge is 0.258 e. The van der Waals surface area contributed by atoms with Gasteiger partial charge in [0.05, 0.1) is 19.1 Å². The minimum Gasteiger partial charge on any atom is -0.481 e. The Morgan fingerprint density at radius 2 is 1.87 bits per heavy atom. The standard InChI is InChI=1S/C17H27F2NO2Si/c1-15(2,3)23(6,7)22-10-12-8-13(9-20-14(12)21-5)16(4)11-17(16,18)19/h8-9H,10-11H2,1-7H3. The monoisotopic (exact) mass is 343 g/mol. The number of pyridine rings is 1. The lowest BCUT2D eigenvalue weighted by Gasteiger charge is -2.36. The van der Waals surface area contributed by atoms with Gasteiger partial charge < -0.3 is 9.16 Å². The molecule has 1 fully saturated rings. The van der Waals surface area contributed by atoms with Gasteiger partial charge in [0, 0.05) is 18.2 Å². The van der Waals surface area contributed by atoms with Gasteiger partial charge in [-0.05, 0) is 36.7 Å². The van der Waals surface area contributed by atoms with E-state index in [0.717, 1.165) is 5.56 Å². The molecule has 3 nitrogen and oxygen atoms in total. The van der Waals surface area contributed by atoms with Crippen LogP contribution < -0.4 is 4.74 Å². The van der Waals surface area contributed by atoms with Gasteiger partial charge >= 0.3 is 0 Å². The van der Waals surface area contributed by atoms with Crippen molar-refractivity contribution in [3.8, 4) is 5.88 Å². The highest BCUT2D eigenvalue weighted by Gasteiger charge is 2.68. The minimum atomic E-state index is -2.65. The molecule has 0 N–H and O–H groups in total. The Morgan fingerprint density at radius 1 is 1.30 bits per heavy atom. The molecule has 2 rings (SSSR count). The van der Waals surface area contributed by atoms with Crippen LogP contribution in [-0.4, -0.2) is 26.3 Å². The predicted molar refractivity (Wildman–Crippen MR) is 89.7 cm³/mol. The highest BCUT2D eigenvalue weighted by molar-refractivity contribution is 6.74. The number of hydrogen-bond acceptors (Lipinski definition) is 3. The van der Waals surface area contributed by atoms with Crippen LogP contribution in [0.15, 0.2) is 12.3 Å². The third-order valence-corrected chi connectivity index (χ3v) is 9.89. The Labute approximate surface area is 138 Å². The van der Waals surface area contributed by atoms with Crippen molar-refractivity contribution >= 4 is 8.32 Å². The maximum atomic E-state index is 13.6. The summed E-state index contributed by atoms with van der Waals surface area (Å²) in [6, 6.07) is 1.76. The molecular weight excluding hydrogens is 316 g/mol. The van der Waals surface area contributed by atoms with Gasteiger partial charge in [-0.1, -0.05) is 20.8 Å². The summed E-state index contributed by atoms with van der Waals surface area (Å²) in [6.07, 6.45) is 1.37. The largest absolute Gasteiger partial charge is 0.481 e. The van der Waals surface area contributed by atoms with Crippen LogP contribution in [0.25, 0.3) is 0 Å². The molecular formula is C17H27F2NO2Si. The number of methoxy groups -OCH3 is 1. The maximum absolute atomic E-state index is 13.6. The van der Waals surface area contributed by atoms with Crippen molar-refractivity contribution in [2.75, 3.05) is 7.11 Å². The van der Waals surface area contributed by atoms with Gasteiger partial charge in [0.1, 0.15) is 0 Å². The van der Waals surface area contributed by atoms with Gasteiger partial charge in [-0.25, -0.2) is 13.8 Å². The predicted octanol–water partition coefficient (Wildman–Crippen LogP) is 4.91. The average Bonchev–Trinajstić information content (AvgIpc) is 2.95. The molecule has 1 saturated carbocycles. The zero-order valence-electron chi connectivity index (χ0n) is 15.1. The van der Waals surface area contributed by atoms with Gasteiger partial charge in [0.2, 0.25) is 5.88 Å². The van der Waals surface area contributed by atoms with Gasteiger partial charge in [-0.2, -0.15) is 0 Å². The molecule has 1 aromatic heterocycles. The van der Waals surface area contributed by atoms with Crippen LogP contribution in [0, 0.1) is 0 Å². The molecule has 0 spiro atoms. The lowest BCUT2D eigenvalue weighted by atomic mass is 9.98. The third kappa shape index (κ3) is 3.29. The van der Waals surface area contributed by atoms with E-state index in [2.05, 4.69) is 38.8 Å². The molecule has 0 radical (unpaired) electrons. The number of nitrogens with zero attached hydrogens (tertiary/aromatic N) is 1. The van der Waals surface area contributed by atoms with Crippen molar-refractivity contribution in [3.63, 3.8) is 0 Å². The van der Waals surface area contributed by atoms with Crippen molar-refractivity contribution < 1.29 is 17.9 Å². The summed E-state index contributed by atoms with van der Waals surface area (Å²) >= 11 is 0. The Hall–Kier alpha value is -1.01. The summed E-state index contributed by atoms with van der Waals surface area (Å²) in [4.78, 5) is 4.21. The molecule has 1 heterocycles. The number of halogens is 2. The summed E-state index contributed by atoms with van der Waals surface area (Å²) in [6.45, 7) is 12.7. The molecule has 0 aromatic carbocycles. The maximum Gasteiger partial charge on any atom is 0.258 e. The normalized spacial score (nSPS) is 23.7. The Kier molecular flexibility index (Phi) is 4.40. The summed E-state index contributed by atoms with van der Waals surface area (Å²) in [5.74, 6) is -2.21. The van der Waals surface area contributed by atoms with E-state index in [1.807, 2.05) is 0 Å². The molecule has 1 aliphatic carbocycles. The van der Waals surface area contributed by atoms with E-state index in [4.69, 9.17) is 9.16 Å². The van der Waals surface area contributed by atoms with Crippen LogP contribution in [0.3, 0.4) is 0 Å². The molecule has 1 unspecified atom stereocenters. The molecule has 130 valence electrons. The molecule has 1 aliphatic rings. The lowest BCUT2D eigenvalue weighted by molar-refractivity contribution is 0.0918. The van der Waals surface area contributed by atoms with Crippen LogP contribution in [0.2, 0.25) is 18.1 Å². The fourth-order valence-corrected chi connectivity index (χ4v) is 3.22. The number of ether oxygens (including phenoxy) is 1. The van der Waals surface area contributed by atoms with Gasteiger partial charge in [-0.3, -0.25) is 0 Å². The summed E-state index contributed by atoms with van der Waals surface area (Å²) < 4.78 is 38.7. The molecule has 23 heavy (non-hydrogen) atoms. The van der Waals surface area contributed by atoms with Crippen molar-refractivity contribution in [2.24, 2.45) is 0 Å². The van der Waals surface area contributed by atoms with Crippen LogP contribution >= 0.6 is 0 Å². The van der Waals surface area contributed by atoms with E-state index in [9.17, 15) is 8.78 Å². The first kappa shape index (κ1) is 18.3. The molecule has 0 amide bonds. The molecule has 0 saturated heterocycles. The quantitative estimate of drug-likeness (QED) is 0.712. The molecule has 0 aliphatic heterocycles. The van der Waals surface area contributed by atoms with E-state index in [1.54, 1.807) is 13.0 Å². The molecule has 0 bridgehead atoms. The van der Waals surface area contributed by atoms with E-state index in [0.29, 0.717) is 18.1 Å². The highest BCUT2D eigenvalue weighted by atomic mass is 28.4. The summed E-state index contributed by atoms with van der Waals surface area (Å²) in [5.41, 5.74) is 0.175. The second kappa shape index (κ2) is 5.52. The number of alkyl halides is 2. The van der Waals surface area contributed by atoms with E-state index >= 15 is 0 Å². The Morgan fingerprint density at radius 3 is 2.30 bits per heavy atom. The Balaban J connectivity index is 2.24. The van der Waals surface area contributed by atoms with Crippen molar-refractivity contribution in [1.82, 2.24) is 4.98 Å². The van der Waals surface area contributed by atoms with E-state index < -0.39 is 19.7 Å². The second-order valence-electron chi connectivity index (χ2n) is 8.15. The van der Waals surface area contributed by atoms with E-state index in [1.165, 1.54) is 13.3 Å². The van der Waals surface area contributed by atoms with Crippen molar-refractivity contribution in [3.05, 3.63) is 23.4 Å². The fraction of sp³-hybridized carbons (Fsp3) is 0.706. The van der Waals surface area contributed by atoms with Crippen LogP contribution in [0.5, 0.6) is 5.88 Å². The first-order valence-corrected chi connectivity index (χ1v) is 10.8. The highest BCUT2D eigenvalue weighted by Crippen LogP contribution is 2.61. The summed E-state index contributed by atoms with van der Waals surface area (Å²) in [5, 5.41) is 0.0841. The fourth-order valence-electron chi connectivity index (χ4n) is 2.27. The SMILES string of the molecule is COc1ncc(C2(C)CC2(F)F)cc1CO[Si](C)(C)C(C)(C)C. The van der Waals surface area contributed by atoms with Crippen LogP contribution in [0.1, 0.15) is 45.2 Å². The number of aromatic nitrogens is 1. The first-order chi connectivity index (χ1) is 10.3. The second-order valence-corrected chi connectivity index (χ2v) is 13.0. The minimum absolute atomic E-state index is 0.0841. The molecule has 6 heteroatoms. The number of rotatable bonds is 5. The van der Waals surface area contributed by atoms with Crippen molar-refractivity contribution in [2.45, 2.75) is 70.2 Å². The average molecular weight is 343 g/mol. The van der Waals surface area contributed by atoms with E-state index in [-0.39, 0.29) is 11.5 Å². The zero-order chi connectivity index (χ0) is 17.7. The lowest BCUT2D eigenvalue weighted by Crippen LogP contribution is -2.40. The topological polar surface area (TPSA) is 31.4 Å². The number of hydrogen-bond donors (Lipinski definition) is 0. The first-order valence-electron chi connectivity index (χ1n) is 7.89. The van der Waals surface area contributed by atoms with Crippen LogP contribution in [0.4, 0.5) is 8.78 Å². The van der Waals surface area contributed by atoms with Crippen molar-refractivity contribution in [1.29, 1.82) is 0 Å². The van der Waals surface area contributed by atoms with Gasteiger partial charge in [0.25, 0.3) is 5.92 Å². The third-order valence-electron chi connectivity index (χ3n) is 5.41. The molecule has 1 atom stereocenters. The Bertz CT molecular complexity index is 599. The zero-order valence-corrected chi connectivity index (χ0v) is 16.1. The molecule has 1 aromatic rings. The van der Waals surface area contributed by atoms with Gasteiger partial charge in [0.15, 0.2) is 8.32 Å². The summed E-state index contributed by atoms with van der Waals surface area (Å²) in [7, 11) is -0.398.